The molecular weight excluding hydrogens is 492 g/mol. The van der Waals surface area contributed by atoms with Gasteiger partial charge in [0.15, 0.2) is 0 Å². The Bertz CT molecular complexity index is 2290. The van der Waals surface area contributed by atoms with Crippen molar-refractivity contribution in [2.45, 2.75) is 6.61 Å². The Morgan fingerprint density at radius 1 is 0.600 bits per heavy atom. The number of aldehydes is 1. The van der Waals surface area contributed by atoms with Crippen LogP contribution in [0.15, 0.2) is 121 Å². The molecule has 0 aliphatic rings. The second kappa shape index (κ2) is 8.67. The van der Waals surface area contributed by atoms with E-state index in [0.717, 1.165) is 61.3 Å². The maximum absolute atomic E-state index is 12.0. The molecule has 0 bridgehead atoms. The third-order valence-corrected chi connectivity index (χ3v) is 8.17. The number of aromatic nitrogens is 2. The fourth-order valence-corrected chi connectivity index (χ4v) is 6.44. The first kappa shape index (κ1) is 22.8. The Morgan fingerprint density at radius 2 is 1.32 bits per heavy atom. The standard InChI is InChI=1S/C36H24N2O2/c39-21-25-10-7-15-33(30(25)22-40)38-31-13-5-3-11-27(31)28-18-19-34-35(36(28)38)29-12-4-6-14-32(29)37(34)26-17-16-23-8-1-2-9-24(23)20-26/h1-21,40H,22H2. The van der Waals surface area contributed by atoms with E-state index in [9.17, 15) is 9.90 Å². The maximum atomic E-state index is 12.0. The van der Waals surface area contributed by atoms with Crippen LogP contribution in [0.25, 0.3) is 65.8 Å². The van der Waals surface area contributed by atoms with Gasteiger partial charge in [-0.1, -0.05) is 84.9 Å². The number of benzene rings is 6. The van der Waals surface area contributed by atoms with E-state index < -0.39 is 0 Å². The van der Waals surface area contributed by atoms with Gasteiger partial charge in [-0.3, -0.25) is 4.79 Å². The van der Waals surface area contributed by atoms with Gasteiger partial charge in [-0.15, -0.1) is 0 Å². The lowest BCUT2D eigenvalue weighted by Gasteiger charge is -2.15. The molecule has 0 fully saturated rings. The van der Waals surface area contributed by atoms with Crippen molar-refractivity contribution in [1.29, 1.82) is 0 Å². The van der Waals surface area contributed by atoms with Gasteiger partial charge >= 0.3 is 0 Å². The zero-order valence-electron chi connectivity index (χ0n) is 21.6. The minimum atomic E-state index is -0.229. The Balaban J connectivity index is 1.59. The molecule has 0 amide bonds. The van der Waals surface area contributed by atoms with Gasteiger partial charge in [0.2, 0.25) is 0 Å². The highest BCUT2D eigenvalue weighted by atomic mass is 16.3. The number of fused-ring (bicyclic) bond motifs is 8. The van der Waals surface area contributed by atoms with Crippen LogP contribution in [-0.2, 0) is 6.61 Å². The molecule has 2 heterocycles. The van der Waals surface area contributed by atoms with Crippen molar-refractivity contribution >= 4 is 60.7 Å². The highest BCUT2D eigenvalue weighted by molar-refractivity contribution is 6.26. The van der Waals surface area contributed by atoms with E-state index in [2.05, 4.69) is 106 Å². The van der Waals surface area contributed by atoms with E-state index in [1.54, 1.807) is 6.07 Å². The van der Waals surface area contributed by atoms with E-state index in [0.29, 0.717) is 11.1 Å². The summed E-state index contributed by atoms with van der Waals surface area (Å²) in [7, 11) is 0. The minimum absolute atomic E-state index is 0.229. The van der Waals surface area contributed by atoms with E-state index in [1.165, 1.54) is 10.8 Å². The topological polar surface area (TPSA) is 47.2 Å². The monoisotopic (exact) mass is 516 g/mol. The summed E-state index contributed by atoms with van der Waals surface area (Å²) in [4.78, 5) is 12.0. The molecule has 1 N–H and O–H groups in total. The quantitative estimate of drug-likeness (QED) is 0.239. The van der Waals surface area contributed by atoms with E-state index in [-0.39, 0.29) is 6.61 Å². The summed E-state index contributed by atoms with van der Waals surface area (Å²) in [6, 6.07) is 42.0. The summed E-state index contributed by atoms with van der Waals surface area (Å²) in [5.74, 6) is 0. The van der Waals surface area contributed by atoms with Crippen LogP contribution in [0.3, 0.4) is 0 Å². The van der Waals surface area contributed by atoms with Gasteiger partial charge < -0.3 is 14.2 Å². The molecule has 8 rings (SSSR count). The largest absolute Gasteiger partial charge is 0.392 e. The van der Waals surface area contributed by atoms with Crippen LogP contribution in [0, 0.1) is 0 Å². The molecule has 4 heteroatoms. The second-order valence-electron chi connectivity index (χ2n) is 10.2. The number of rotatable bonds is 4. The fraction of sp³-hybridized carbons (Fsp3) is 0.0278. The minimum Gasteiger partial charge on any atom is -0.392 e. The second-order valence-corrected chi connectivity index (χ2v) is 10.2. The number of para-hydroxylation sites is 2. The lowest BCUT2D eigenvalue weighted by Crippen LogP contribution is -2.03. The van der Waals surface area contributed by atoms with Crippen molar-refractivity contribution in [1.82, 2.24) is 9.13 Å². The first-order valence-corrected chi connectivity index (χ1v) is 13.4. The molecule has 0 saturated carbocycles. The smallest absolute Gasteiger partial charge is 0.150 e. The molecule has 0 spiro atoms. The van der Waals surface area contributed by atoms with Gasteiger partial charge in [-0.25, -0.2) is 0 Å². The van der Waals surface area contributed by atoms with Gasteiger partial charge in [0.1, 0.15) is 6.29 Å². The van der Waals surface area contributed by atoms with Crippen molar-refractivity contribution in [3.8, 4) is 11.4 Å². The zero-order valence-corrected chi connectivity index (χ0v) is 21.6. The Hall–Kier alpha value is -5.19. The third kappa shape index (κ3) is 3.08. The average Bonchev–Trinajstić information content (AvgIpc) is 3.53. The number of aliphatic hydroxyl groups is 1. The lowest BCUT2D eigenvalue weighted by atomic mass is 10.1. The number of carbonyl (C=O) groups is 1. The van der Waals surface area contributed by atoms with Gasteiger partial charge in [-0.2, -0.15) is 0 Å². The van der Waals surface area contributed by atoms with Crippen molar-refractivity contribution < 1.29 is 9.90 Å². The Labute approximate surface area is 229 Å². The van der Waals surface area contributed by atoms with Crippen molar-refractivity contribution in [3.05, 3.63) is 132 Å². The van der Waals surface area contributed by atoms with Crippen molar-refractivity contribution in [2.75, 3.05) is 0 Å². The van der Waals surface area contributed by atoms with E-state index in [4.69, 9.17) is 0 Å². The molecule has 0 atom stereocenters. The zero-order chi connectivity index (χ0) is 26.8. The van der Waals surface area contributed by atoms with Gasteiger partial charge in [0.25, 0.3) is 0 Å². The van der Waals surface area contributed by atoms with Crippen molar-refractivity contribution in [3.63, 3.8) is 0 Å². The molecule has 0 aliphatic carbocycles. The van der Waals surface area contributed by atoms with Crippen molar-refractivity contribution in [2.24, 2.45) is 0 Å². The highest BCUT2D eigenvalue weighted by Crippen LogP contribution is 2.42. The van der Waals surface area contributed by atoms with E-state index >= 15 is 0 Å². The van der Waals surface area contributed by atoms with E-state index in [1.807, 2.05) is 18.2 Å². The molecule has 4 nitrogen and oxygen atoms in total. The van der Waals surface area contributed by atoms with Crippen LogP contribution in [0.4, 0.5) is 0 Å². The number of nitrogens with zero attached hydrogens (tertiary/aromatic N) is 2. The molecule has 8 aromatic rings. The predicted octanol–water partition coefficient (Wildman–Crippen LogP) is 8.34. The number of carbonyl (C=O) groups excluding carboxylic acids is 1. The number of aliphatic hydroxyl groups excluding tert-OH is 1. The van der Waals surface area contributed by atoms with Crippen LogP contribution in [0.1, 0.15) is 15.9 Å². The Kier molecular flexibility index (Phi) is 4.93. The predicted molar refractivity (Wildman–Crippen MR) is 164 cm³/mol. The highest BCUT2D eigenvalue weighted by Gasteiger charge is 2.22. The fourth-order valence-electron chi connectivity index (χ4n) is 6.44. The molecule has 0 radical (unpaired) electrons. The molecule has 190 valence electrons. The molecule has 0 saturated heterocycles. The third-order valence-electron chi connectivity index (χ3n) is 8.17. The average molecular weight is 517 g/mol. The van der Waals surface area contributed by atoms with Crippen LogP contribution >= 0.6 is 0 Å². The van der Waals surface area contributed by atoms with Gasteiger partial charge in [0, 0.05) is 38.4 Å². The van der Waals surface area contributed by atoms with Gasteiger partial charge in [0.05, 0.1) is 34.4 Å². The summed E-state index contributed by atoms with van der Waals surface area (Å²) >= 11 is 0. The summed E-state index contributed by atoms with van der Waals surface area (Å²) in [6.07, 6.45) is 0.824. The van der Waals surface area contributed by atoms with Crippen LogP contribution in [0.2, 0.25) is 0 Å². The number of hydrogen-bond donors (Lipinski definition) is 1. The van der Waals surface area contributed by atoms with Crippen LogP contribution in [-0.4, -0.2) is 20.5 Å². The maximum Gasteiger partial charge on any atom is 0.150 e. The molecular formula is C36H24N2O2. The SMILES string of the molecule is O=Cc1cccc(-n2c3ccccc3c3ccc4c(c5ccccc5n4-c4ccc5ccccc5c4)c32)c1CO. The first-order valence-electron chi connectivity index (χ1n) is 13.4. The first-order chi connectivity index (χ1) is 19.8. The summed E-state index contributed by atoms with van der Waals surface area (Å²) in [5.41, 5.74) is 7.36. The molecule has 40 heavy (non-hydrogen) atoms. The number of hydrogen-bond acceptors (Lipinski definition) is 2. The molecule has 0 aliphatic heterocycles. The summed E-state index contributed by atoms with van der Waals surface area (Å²) in [6.45, 7) is -0.229. The molecule has 2 aromatic heterocycles. The molecule has 6 aromatic carbocycles. The van der Waals surface area contributed by atoms with Crippen LogP contribution < -0.4 is 0 Å². The van der Waals surface area contributed by atoms with Crippen LogP contribution in [0.5, 0.6) is 0 Å². The lowest BCUT2D eigenvalue weighted by molar-refractivity contribution is 0.112. The summed E-state index contributed by atoms with van der Waals surface area (Å²) < 4.78 is 4.57. The summed E-state index contributed by atoms with van der Waals surface area (Å²) in [5, 5.41) is 17.4. The normalized spacial score (nSPS) is 11.8. The Morgan fingerprint density at radius 3 is 2.12 bits per heavy atom. The molecule has 0 unspecified atom stereocenters. The van der Waals surface area contributed by atoms with Gasteiger partial charge in [-0.05, 0) is 47.2 Å².